The van der Waals surface area contributed by atoms with Crippen molar-refractivity contribution in [2.24, 2.45) is 5.92 Å². The van der Waals surface area contributed by atoms with Crippen LogP contribution in [-0.2, 0) is 0 Å². The SMILES string of the molecule is CNC(CC(C)C)c1cccc(C)n1. The Morgan fingerprint density at radius 3 is 2.57 bits per heavy atom. The van der Waals surface area contributed by atoms with Crippen LogP contribution in [-0.4, -0.2) is 12.0 Å². The Labute approximate surface area is 86.8 Å². The molecule has 0 spiro atoms. The summed E-state index contributed by atoms with van der Waals surface area (Å²) in [7, 11) is 2.00. The highest BCUT2D eigenvalue weighted by molar-refractivity contribution is 5.13. The zero-order chi connectivity index (χ0) is 10.6. The minimum atomic E-state index is 0.384. The van der Waals surface area contributed by atoms with Gasteiger partial charge >= 0.3 is 0 Å². The van der Waals surface area contributed by atoms with E-state index >= 15 is 0 Å². The highest BCUT2D eigenvalue weighted by Gasteiger charge is 2.11. The first kappa shape index (κ1) is 11.2. The number of aromatic nitrogens is 1. The second-order valence-corrected chi connectivity index (χ2v) is 4.17. The van der Waals surface area contributed by atoms with Gasteiger partial charge in [0.25, 0.3) is 0 Å². The standard InChI is InChI=1S/C12H20N2/c1-9(2)8-12(13-4)11-7-5-6-10(3)14-11/h5-7,9,12-13H,8H2,1-4H3. The van der Waals surface area contributed by atoms with Gasteiger partial charge in [-0.2, -0.15) is 0 Å². The predicted octanol–water partition coefficient (Wildman–Crippen LogP) is 2.70. The molecule has 0 radical (unpaired) electrons. The molecule has 0 amide bonds. The van der Waals surface area contributed by atoms with Crippen LogP contribution >= 0.6 is 0 Å². The van der Waals surface area contributed by atoms with Gasteiger partial charge in [0.2, 0.25) is 0 Å². The normalized spacial score (nSPS) is 13.2. The van der Waals surface area contributed by atoms with Gasteiger partial charge in [0, 0.05) is 11.7 Å². The molecule has 1 aromatic heterocycles. The molecule has 2 heteroatoms. The molecular formula is C12H20N2. The van der Waals surface area contributed by atoms with Crippen LogP contribution in [0.25, 0.3) is 0 Å². The van der Waals surface area contributed by atoms with Crippen molar-refractivity contribution in [3.8, 4) is 0 Å². The molecule has 78 valence electrons. The highest BCUT2D eigenvalue weighted by Crippen LogP contribution is 2.18. The van der Waals surface area contributed by atoms with E-state index in [2.05, 4.69) is 36.3 Å². The average Bonchev–Trinajstić information content (AvgIpc) is 2.14. The first-order valence-electron chi connectivity index (χ1n) is 5.24. The minimum Gasteiger partial charge on any atom is -0.312 e. The molecule has 1 rings (SSSR count). The molecule has 0 aliphatic rings. The van der Waals surface area contributed by atoms with E-state index in [0.717, 1.165) is 17.8 Å². The Hall–Kier alpha value is -0.890. The van der Waals surface area contributed by atoms with Gasteiger partial charge in [-0.05, 0) is 38.4 Å². The highest BCUT2D eigenvalue weighted by atomic mass is 14.9. The molecule has 0 bridgehead atoms. The Bertz CT molecular complexity index is 281. The third-order valence-corrected chi connectivity index (χ3v) is 2.32. The van der Waals surface area contributed by atoms with E-state index in [0.29, 0.717) is 12.0 Å². The van der Waals surface area contributed by atoms with E-state index in [1.165, 1.54) is 0 Å². The number of rotatable bonds is 4. The summed E-state index contributed by atoms with van der Waals surface area (Å²) in [5.41, 5.74) is 2.24. The molecule has 0 fully saturated rings. The number of aryl methyl sites for hydroxylation is 1. The van der Waals surface area contributed by atoms with Crippen molar-refractivity contribution in [1.82, 2.24) is 10.3 Å². The van der Waals surface area contributed by atoms with Gasteiger partial charge in [0.05, 0.1) is 5.69 Å². The minimum absolute atomic E-state index is 0.384. The van der Waals surface area contributed by atoms with Gasteiger partial charge in [-0.1, -0.05) is 19.9 Å². The van der Waals surface area contributed by atoms with Gasteiger partial charge in [-0.3, -0.25) is 4.98 Å². The zero-order valence-electron chi connectivity index (χ0n) is 9.54. The fourth-order valence-corrected chi connectivity index (χ4v) is 1.62. The van der Waals surface area contributed by atoms with Crippen molar-refractivity contribution in [2.75, 3.05) is 7.05 Å². The van der Waals surface area contributed by atoms with Crippen LogP contribution in [0.3, 0.4) is 0 Å². The summed E-state index contributed by atoms with van der Waals surface area (Å²) in [5.74, 6) is 0.690. The number of hydrogen-bond donors (Lipinski definition) is 1. The molecule has 1 heterocycles. The molecule has 2 nitrogen and oxygen atoms in total. The molecule has 1 unspecified atom stereocenters. The van der Waals surface area contributed by atoms with Gasteiger partial charge in [-0.25, -0.2) is 0 Å². The van der Waals surface area contributed by atoms with E-state index in [-0.39, 0.29) is 0 Å². The maximum Gasteiger partial charge on any atom is 0.0576 e. The average molecular weight is 192 g/mol. The Morgan fingerprint density at radius 2 is 2.07 bits per heavy atom. The second kappa shape index (κ2) is 5.11. The van der Waals surface area contributed by atoms with Crippen LogP contribution in [0.15, 0.2) is 18.2 Å². The van der Waals surface area contributed by atoms with Crippen molar-refractivity contribution < 1.29 is 0 Å². The fourth-order valence-electron chi connectivity index (χ4n) is 1.62. The van der Waals surface area contributed by atoms with E-state index in [1.54, 1.807) is 0 Å². The van der Waals surface area contributed by atoms with Gasteiger partial charge in [0.1, 0.15) is 0 Å². The maximum atomic E-state index is 4.53. The summed E-state index contributed by atoms with van der Waals surface area (Å²) in [6.07, 6.45) is 1.13. The van der Waals surface area contributed by atoms with Gasteiger partial charge in [0.15, 0.2) is 0 Å². The maximum absolute atomic E-state index is 4.53. The molecule has 0 saturated carbocycles. The number of nitrogens with zero attached hydrogens (tertiary/aromatic N) is 1. The molecule has 0 aliphatic carbocycles. The lowest BCUT2D eigenvalue weighted by atomic mass is 10.0. The Balaban J connectivity index is 2.78. The smallest absolute Gasteiger partial charge is 0.0576 e. The van der Waals surface area contributed by atoms with Crippen LogP contribution in [0.4, 0.5) is 0 Å². The predicted molar refractivity (Wildman–Crippen MR) is 60.2 cm³/mol. The van der Waals surface area contributed by atoms with Gasteiger partial charge in [-0.15, -0.1) is 0 Å². The first-order chi connectivity index (χ1) is 6.63. The van der Waals surface area contributed by atoms with Crippen molar-refractivity contribution in [3.63, 3.8) is 0 Å². The molecule has 0 saturated heterocycles. The quantitative estimate of drug-likeness (QED) is 0.793. The lowest BCUT2D eigenvalue weighted by Crippen LogP contribution is -2.19. The third-order valence-electron chi connectivity index (χ3n) is 2.32. The van der Waals surface area contributed by atoms with E-state index in [9.17, 15) is 0 Å². The van der Waals surface area contributed by atoms with Crippen LogP contribution in [0.1, 0.15) is 37.7 Å². The lowest BCUT2D eigenvalue weighted by Gasteiger charge is -2.17. The summed E-state index contributed by atoms with van der Waals surface area (Å²) in [5, 5.41) is 3.31. The summed E-state index contributed by atoms with van der Waals surface area (Å²) < 4.78 is 0. The second-order valence-electron chi connectivity index (χ2n) is 4.17. The molecular weight excluding hydrogens is 172 g/mol. The van der Waals surface area contributed by atoms with Crippen LogP contribution < -0.4 is 5.32 Å². The largest absolute Gasteiger partial charge is 0.312 e. The van der Waals surface area contributed by atoms with Gasteiger partial charge < -0.3 is 5.32 Å². The van der Waals surface area contributed by atoms with Crippen molar-refractivity contribution >= 4 is 0 Å². The van der Waals surface area contributed by atoms with Crippen molar-refractivity contribution in [3.05, 3.63) is 29.6 Å². The molecule has 1 aromatic rings. The summed E-state index contributed by atoms with van der Waals surface area (Å²) in [6.45, 7) is 6.51. The van der Waals surface area contributed by atoms with Crippen LogP contribution in [0.2, 0.25) is 0 Å². The first-order valence-corrected chi connectivity index (χ1v) is 5.24. The third kappa shape index (κ3) is 3.11. The van der Waals surface area contributed by atoms with E-state index < -0.39 is 0 Å². The topological polar surface area (TPSA) is 24.9 Å². The molecule has 14 heavy (non-hydrogen) atoms. The Morgan fingerprint density at radius 1 is 1.36 bits per heavy atom. The lowest BCUT2D eigenvalue weighted by molar-refractivity contribution is 0.448. The monoisotopic (exact) mass is 192 g/mol. The number of pyridine rings is 1. The number of nitrogens with one attached hydrogen (secondary N) is 1. The van der Waals surface area contributed by atoms with Crippen LogP contribution in [0, 0.1) is 12.8 Å². The fraction of sp³-hybridized carbons (Fsp3) is 0.583. The van der Waals surface area contributed by atoms with E-state index in [1.807, 2.05) is 20.0 Å². The van der Waals surface area contributed by atoms with Crippen LogP contribution in [0.5, 0.6) is 0 Å². The number of hydrogen-bond acceptors (Lipinski definition) is 2. The molecule has 1 N–H and O–H groups in total. The Kier molecular flexibility index (Phi) is 4.08. The van der Waals surface area contributed by atoms with Crippen molar-refractivity contribution in [2.45, 2.75) is 33.2 Å². The summed E-state index contributed by atoms with van der Waals surface area (Å²) in [4.78, 5) is 4.53. The summed E-state index contributed by atoms with van der Waals surface area (Å²) in [6, 6.07) is 6.58. The molecule has 0 aliphatic heterocycles. The summed E-state index contributed by atoms with van der Waals surface area (Å²) >= 11 is 0. The van der Waals surface area contributed by atoms with Crippen molar-refractivity contribution in [1.29, 1.82) is 0 Å². The molecule has 0 aromatic carbocycles. The zero-order valence-corrected chi connectivity index (χ0v) is 9.54. The van der Waals surface area contributed by atoms with E-state index in [4.69, 9.17) is 0 Å². The molecule has 1 atom stereocenters.